The molecular formula is C9H9ClFNO3S. The lowest BCUT2D eigenvalue weighted by molar-refractivity contribution is 0.108. The fourth-order valence-corrected chi connectivity index (χ4v) is 2.36. The lowest BCUT2D eigenvalue weighted by atomic mass is 10.2. The highest BCUT2D eigenvalue weighted by Crippen LogP contribution is 2.17. The van der Waals surface area contributed by atoms with Crippen LogP contribution in [0.1, 0.15) is 17.3 Å². The van der Waals surface area contributed by atoms with E-state index in [4.69, 9.17) is 11.6 Å². The van der Waals surface area contributed by atoms with Crippen LogP contribution in [-0.4, -0.2) is 20.2 Å². The summed E-state index contributed by atoms with van der Waals surface area (Å²) in [5.74, 6) is -0.928. The number of nitrogens with one attached hydrogen (secondary N) is 1. The maximum absolute atomic E-state index is 13.3. The van der Waals surface area contributed by atoms with E-state index in [1.807, 2.05) is 0 Å². The first kappa shape index (κ1) is 13.1. The third-order valence-electron chi connectivity index (χ3n) is 1.78. The molecule has 0 fully saturated rings. The Labute approximate surface area is 97.5 Å². The molecule has 1 aromatic carbocycles. The Bertz CT molecular complexity index is 515. The van der Waals surface area contributed by atoms with Crippen LogP contribution < -0.4 is 4.72 Å². The Kier molecular flexibility index (Phi) is 4.01. The Hall–Kier alpha value is -0.980. The van der Waals surface area contributed by atoms with Crippen LogP contribution in [0, 0.1) is 5.82 Å². The molecule has 4 nitrogen and oxygen atoms in total. The fraction of sp³-hybridized carbons (Fsp3) is 0.222. The van der Waals surface area contributed by atoms with E-state index in [9.17, 15) is 17.6 Å². The quantitative estimate of drug-likeness (QED) is 0.839. The Morgan fingerprint density at radius 3 is 2.62 bits per heavy atom. The van der Waals surface area contributed by atoms with Gasteiger partial charge in [0.1, 0.15) is 10.7 Å². The van der Waals surface area contributed by atoms with Crippen molar-refractivity contribution in [1.29, 1.82) is 0 Å². The number of halogens is 2. The minimum atomic E-state index is -3.93. The molecule has 0 heterocycles. The van der Waals surface area contributed by atoms with Crippen LogP contribution >= 0.6 is 11.6 Å². The summed E-state index contributed by atoms with van der Waals surface area (Å²) in [6.45, 7) is 1.69. The van der Waals surface area contributed by atoms with Crippen LogP contribution in [0.15, 0.2) is 23.1 Å². The molecule has 0 unspecified atom stereocenters. The summed E-state index contributed by atoms with van der Waals surface area (Å²) in [6, 6.07) is 2.91. The van der Waals surface area contributed by atoms with Crippen molar-refractivity contribution in [3.8, 4) is 0 Å². The lowest BCUT2D eigenvalue weighted by Gasteiger charge is -2.06. The topological polar surface area (TPSA) is 63.2 Å². The Morgan fingerprint density at radius 1 is 1.50 bits per heavy atom. The van der Waals surface area contributed by atoms with Crippen LogP contribution in [-0.2, 0) is 10.0 Å². The number of hydrogen-bond donors (Lipinski definition) is 1. The molecule has 0 aliphatic heterocycles. The number of carbonyl (C=O) groups excluding carboxylic acids is 1. The van der Waals surface area contributed by atoms with Crippen molar-refractivity contribution < 1.29 is 17.6 Å². The molecule has 1 rings (SSSR count). The molecule has 0 aliphatic carbocycles. The van der Waals surface area contributed by atoms with Crippen LogP contribution in [0.4, 0.5) is 4.39 Å². The summed E-state index contributed by atoms with van der Waals surface area (Å²) >= 11 is 5.18. The van der Waals surface area contributed by atoms with Gasteiger partial charge in [-0.3, -0.25) is 4.79 Å². The lowest BCUT2D eigenvalue weighted by Crippen LogP contribution is -2.24. The van der Waals surface area contributed by atoms with Crippen molar-refractivity contribution in [1.82, 2.24) is 4.72 Å². The van der Waals surface area contributed by atoms with Crippen molar-refractivity contribution >= 4 is 26.9 Å². The van der Waals surface area contributed by atoms with Gasteiger partial charge in [-0.2, -0.15) is 0 Å². The van der Waals surface area contributed by atoms with Gasteiger partial charge in [-0.1, -0.05) is 6.92 Å². The molecule has 0 aliphatic rings. The molecule has 0 bridgehead atoms. The van der Waals surface area contributed by atoms with Crippen molar-refractivity contribution in [2.24, 2.45) is 0 Å². The normalized spacial score (nSPS) is 11.4. The van der Waals surface area contributed by atoms with Gasteiger partial charge in [-0.25, -0.2) is 17.5 Å². The first-order valence-electron chi connectivity index (χ1n) is 4.37. The van der Waals surface area contributed by atoms with Gasteiger partial charge in [0.2, 0.25) is 10.0 Å². The van der Waals surface area contributed by atoms with E-state index in [2.05, 4.69) is 4.72 Å². The SMILES string of the molecule is CCNS(=O)(=O)c1cc(C(=O)Cl)ccc1F. The molecule has 0 aromatic heterocycles. The molecule has 0 radical (unpaired) electrons. The van der Waals surface area contributed by atoms with Crippen molar-refractivity contribution in [2.75, 3.05) is 6.54 Å². The van der Waals surface area contributed by atoms with Crippen LogP contribution in [0.2, 0.25) is 0 Å². The molecule has 0 saturated carbocycles. The third kappa shape index (κ3) is 2.78. The monoisotopic (exact) mass is 265 g/mol. The zero-order valence-electron chi connectivity index (χ0n) is 8.33. The van der Waals surface area contributed by atoms with Gasteiger partial charge in [0, 0.05) is 12.1 Å². The van der Waals surface area contributed by atoms with E-state index in [1.165, 1.54) is 0 Å². The number of carbonyl (C=O) groups is 1. The summed E-state index contributed by atoms with van der Waals surface area (Å²) in [6.07, 6.45) is 0. The molecule has 0 spiro atoms. The standard InChI is InChI=1S/C9H9ClFNO3S/c1-2-12-16(14,15)8-5-6(9(10)13)3-4-7(8)11/h3-5,12H,2H2,1H3. The van der Waals surface area contributed by atoms with E-state index >= 15 is 0 Å². The first-order chi connectivity index (χ1) is 7.38. The maximum atomic E-state index is 13.3. The molecule has 16 heavy (non-hydrogen) atoms. The second kappa shape index (κ2) is 4.90. The Balaban J connectivity index is 3.33. The average molecular weight is 266 g/mol. The van der Waals surface area contributed by atoms with Gasteiger partial charge >= 0.3 is 0 Å². The molecule has 88 valence electrons. The predicted molar refractivity (Wildman–Crippen MR) is 57.4 cm³/mol. The summed E-state index contributed by atoms with van der Waals surface area (Å²) in [5.41, 5.74) is -0.0699. The van der Waals surface area contributed by atoms with Gasteiger partial charge in [-0.15, -0.1) is 0 Å². The molecule has 0 atom stereocenters. The average Bonchev–Trinajstić information content (AvgIpc) is 2.17. The second-order valence-corrected chi connectivity index (χ2v) is 5.00. The first-order valence-corrected chi connectivity index (χ1v) is 6.23. The number of hydrogen-bond acceptors (Lipinski definition) is 3. The minimum absolute atomic E-state index is 0.0699. The van der Waals surface area contributed by atoms with E-state index in [0.717, 1.165) is 18.2 Å². The number of sulfonamides is 1. The predicted octanol–water partition coefficient (Wildman–Crippen LogP) is 1.50. The molecular weight excluding hydrogens is 257 g/mol. The van der Waals surface area contributed by atoms with Crippen LogP contribution in [0.25, 0.3) is 0 Å². The summed E-state index contributed by atoms with van der Waals surface area (Å²) in [4.78, 5) is 10.2. The van der Waals surface area contributed by atoms with Gasteiger partial charge in [0.05, 0.1) is 0 Å². The molecule has 1 N–H and O–H groups in total. The zero-order valence-corrected chi connectivity index (χ0v) is 9.90. The molecule has 0 saturated heterocycles. The Morgan fingerprint density at radius 2 is 2.12 bits per heavy atom. The third-order valence-corrected chi connectivity index (χ3v) is 3.56. The minimum Gasteiger partial charge on any atom is -0.276 e. The van der Waals surface area contributed by atoms with Gasteiger partial charge in [-0.05, 0) is 29.8 Å². The van der Waals surface area contributed by atoms with Crippen LogP contribution in [0.3, 0.4) is 0 Å². The van der Waals surface area contributed by atoms with E-state index < -0.39 is 26.0 Å². The highest BCUT2D eigenvalue weighted by atomic mass is 35.5. The van der Waals surface area contributed by atoms with Crippen molar-refractivity contribution in [2.45, 2.75) is 11.8 Å². The highest BCUT2D eigenvalue weighted by Gasteiger charge is 2.19. The van der Waals surface area contributed by atoms with Crippen molar-refractivity contribution in [3.63, 3.8) is 0 Å². The van der Waals surface area contributed by atoms with Gasteiger partial charge in [0.15, 0.2) is 0 Å². The maximum Gasteiger partial charge on any atom is 0.252 e. The molecule has 0 amide bonds. The fourth-order valence-electron chi connectivity index (χ4n) is 1.10. The largest absolute Gasteiger partial charge is 0.276 e. The van der Waals surface area contributed by atoms with E-state index in [-0.39, 0.29) is 12.1 Å². The van der Waals surface area contributed by atoms with Gasteiger partial charge < -0.3 is 0 Å². The number of benzene rings is 1. The molecule has 7 heteroatoms. The smallest absolute Gasteiger partial charge is 0.252 e. The second-order valence-electron chi connectivity index (χ2n) is 2.92. The van der Waals surface area contributed by atoms with E-state index in [1.54, 1.807) is 6.92 Å². The number of rotatable bonds is 4. The summed E-state index contributed by atoms with van der Waals surface area (Å²) in [7, 11) is -3.93. The zero-order chi connectivity index (χ0) is 12.3. The highest BCUT2D eigenvalue weighted by molar-refractivity contribution is 7.89. The summed E-state index contributed by atoms with van der Waals surface area (Å²) in [5, 5.41) is -0.840. The summed E-state index contributed by atoms with van der Waals surface area (Å²) < 4.78 is 38.4. The van der Waals surface area contributed by atoms with Gasteiger partial charge in [0.25, 0.3) is 5.24 Å². The van der Waals surface area contributed by atoms with Crippen molar-refractivity contribution in [3.05, 3.63) is 29.6 Å². The van der Waals surface area contributed by atoms with E-state index in [0.29, 0.717) is 0 Å². The molecule has 1 aromatic rings. The van der Waals surface area contributed by atoms with Crippen LogP contribution in [0.5, 0.6) is 0 Å².